The van der Waals surface area contributed by atoms with Gasteiger partial charge >= 0.3 is 0 Å². The Balaban J connectivity index is 1.80. The fourth-order valence-corrected chi connectivity index (χ4v) is 3.08. The zero-order chi connectivity index (χ0) is 14.7. The van der Waals surface area contributed by atoms with Gasteiger partial charge in [-0.1, -0.05) is 30.3 Å². The van der Waals surface area contributed by atoms with Gasteiger partial charge in [0.2, 0.25) is 0 Å². The smallest absolute Gasteiger partial charge is 0.144 e. The summed E-state index contributed by atoms with van der Waals surface area (Å²) in [6, 6.07) is 10.5. The van der Waals surface area contributed by atoms with E-state index < -0.39 is 0 Å². The zero-order valence-corrected chi connectivity index (χ0v) is 13.9. The average Bonchev–Trinajstić information content (AvgIpc) is 3.34. The molecule has 2 aromatic rings. The molecule has 0 amide bonds. The summed E-state index contributed by atoms with van der Waals surface area (Å²) in [7, 11) is 0. The first-order valence-electron chi connectivity index (χ1n) is 7.62. The fraction of sp³-hybridized carbons (Fsp3) is 0.412. The Hall–Kier alpha value is -1.42. The molecule has 21 heavy (non-hydrogen) atoms. The molecule has 0 saturated heterocycles. The maximum Gasteiger partial charge on any atom is 0.144 e. The molecule has 1 aliphatic rings. The Morgan fingerprint density at radius 3 is 2.57 bits per heavy atom. The molecule has 0 atom stereocenters. The van der Waals surface area contributed by atoms with Gasteiger partial charge in [0.1, 0.15) is 11.6 Å². The minimum absolute atomic E-state index is 0.621. The first-order chi connectivity index (χ1) is 10.3. The molecule has 1 aromatic carbocycles. The van der Waals surface area contributed by atoms with E-state index in [9.17, 15) is 0 Å². The molecule has 0 bridgehead atoms. The standard InChI is InChI=1S/C17H20BrN3/c1-2-19-17-15(18)16(13-9-10-13)20-14(21-17)11-8-12-6-4-3-5-7-12/h3-7,13H,2,8-11H2,1H3,(H,19,20,21). The van der Waals surface area contributed by atoms with Crippen molar-refractivity contribution in [3.8, 4) is 0 Å². The maximum absolute atomic E-state index is 4.79. The Kier molecular flexibility index (Phi) is 4.54. The lowest BCUT2D eigenvalue weighted by Gasteiger charge is -2.12. The Bertz CT molecular complexity index is 609. The van der Waals surface area contributed by atoms with E-state index in [4.69, 9.17) is 4.98 Å². The van der Waals surface area contributed by atoms with Gasteiger partial charge in [-0.3, -0.25) is 0 Å². The number of hydrogen-bond donors (Lipinski definition) is 1. The second kappa shape index (κ2) is 6.56. The van der Waals surface area contributed by atoms with Gasteiger partial charge in [-0.2, -0.15) is 0 Å². The van der Waals surface area contributed by atoms with Gasteiger partial charge in [0.15, 0.2) is 0 Å². The van der Waals surface area contributed by atoms with Crippen LogP contribution in [0.1, 0.15) is 42.8 Å². The number of nitrogens with zero attached hydrogens (tertiary/aromatic N) is 2. The van der Waals surface area contributed by atoms with Crippen LogP contribution in [0.5, 0.6) is 0 Å². The van der Waals surface area contributed by atoms with E-state index in [1.807, 2.05) is 6.07 Å². The zero-order valence-electron chi connectivity index (χ0n) is 12.3. The highest BCUT2D eigenvalue weighted by molar-refractivity contribution is 9.10. The predicted octanol–water partition coefficient (Wildman–Crippen LogP) is 4.33. The summed E-state index contributed by atoms with van der Waals surface area (Å²) >= 11 is 3.67. The molecular formula is C17H20BrN3. The molecule has 1 heterocycles. The highest BCUT2D eigenvalue weighted by Crippen LogP contribution is 2.43. The Morgan fingerprint density at radius 1 is 1.14 bits per heavy atom. The number of benzene rings is 1. The molecule has 110 valence electrons. The van der Waals surface area contributed by atoms with Gasteiger partial charge in [0.05, 0.1) is 10.2 Å². The normalized spacial score (nSPS) is 14.2. The molecule has 1 N–H and O–H groups in total. The third-order valence-electron chi connectivity index (χ3n) is 3.71. The molecule has 4 heteroatoms. The van der Waals surface area contributed by atoms with Crippen LogP contribution in [0.3, 0.4) is 0 Å². The molecule has 1 fully saturated rings. The number of aryl methyl sites for hydroxylation is 2. The molecule has 0 unspecified atom stereocenters. The SMILES string of the molecule is CCNc1nc(CCc2ccccc2)nc(C2CC2)c1Br. The van der Waals surface area contributed by atoms with Crippen LogP contribution < -0.4 is 5.32 Å². The van der Waals surface area contributed by atoms with Gasteiger partial charge in [0.25, 0.3) is 0 Å². The van der Waals surface area contributed by atoms with Crippen molar-refractivity contribution in [2.45, 2.75) is 38.5 Å². The van der Waals surface area contributed by atoms with Crippen LogP contribution in [0, 0.1) is 0 Å². The fourth-order valence-electron chi connectivity index (χ4n) is 2.44. The van der Waals surface area contributed by atoms with Crippen molar-refractivity contribution in [2.75, 3.05) is 11.9 Å². The molecule has 3 rings (SSSR count). The first-order valence-corrected chi connectivity index (χ1v) is 8.41. The lowest BCUT2D eigenvalue weighted by molar-refractivity contribution is 0.824. The maximum atomic E-state index is 4.79. The van der Waals surface area contributed by atoms with E-state index >= 15 is 0 Å². The van der Waals surface area contributed by atoms with E-state index in [0.29, 0.717) is 5.92 Å². The second-order valence-electron chi connectivity index (χ2n) is 5.48. The monoisotopic (exact) mass is 345 g/mol. The van der Waals surface area contributed by atoms with Crippen molar-refractivity contribution in [3.05, 3.63) is 51.9 Å². The summed E-state index contributed by atoms with van der Waals surface area (Å²) in [4.78, 5) is 9.47. The summed E-state index contributed by atoms with van der Waals surface area (Å²) in [5.74, 6) is 2.51. The molecule has 0 radical (unpaired) electrons. The van der Waals surface area contributed by atoms with Crippen molar-refractivity contribution in [1.82, 2.24) is 9.97 Å². The number of hydrogen-bond acceptors (Lipinski definition) is 3. The van der Waals surface area contributed by atoms with Crippen molar-refractivity contribution < 1.29 is 0 Å². The quantitative estimate of drug-likeness (QED) is 0.846. The summed E-state index contributed by atoms with van der Waals surface area (Å²) in [5.41, 5.74) is 2.52. The number of anilines is 1. The Morgan fingerprint density at radius 2 is 1.90 bits per heavy atom. The minimum Gasteiger partial charge on any atom is -0.369 e. The second-order valence-corrected chi connectivity index (χ2v) is 6.27. The third-order valence-corrected chi connectivity index (χ3v) is 4.49. The summed E-state index contributed by atoms with van der Waals surface area (Å²) in [5, 5.41) is 3.34. The van der Waals surface area contributed by atoms with Crippen LogP contribution in [0.25, 0.3) is 0 Å². The van der Waals surface area contributed by atoms with Crippen molar-refractivity contribution in [1.29, 1.82) is 0 Å². The van der Waals surface area contributed by atoms with Crippen LogP contribution in [0.15, 0.2) is 34.8 Å². The molecule has 0 aliphatic heterocycles. The minimum atomic E-state index is 0.621. The van der Waals surface area contributed by atoms with Crippen LogP contribution in [0.4, 0.5) is 5.82 Å². The lowest BCUT2D eigenvalue weighted by atomic mass is 10.1. The molecule has 1 saturated carbocycles. The van der Waals surface area contributed by atoms with Crippen molar-refractivity contribution in [2.24, 2.45) is 0 Å². The summed E-state index contributed by atoms with van der Waals surface area (Å²) < 4.78 is 1.05. The lowest BCUT2D eigenvalue weighted by Crippen LogP contribution is -2.08. The van der Waals surface area contributed by atoms with Crippen LogP contribution >= 0.6 is 15.9 Å². The number of rotatable bonds is 6. The largest absolute Gasteiger partial charge is 0.369 e. The van der Waals surface area contributed by atoms with E-state index in [2.05, 4.69) is 57.4 Å². The summed E-state index contributed by atoms with van der Waals surface area (Å²) in [6.45, 7) is 2.97. The van der Waals surface area contributed by atoms with Crippen molar-refractivity contribution in [3.63, 3.8) is 0 Å². The molecule has 1 aromatic heterocycles. The highest BCUT2D eigenvalue weighted by atomic mass is 79.9. The van der Waals surface area contributed by atoms with Crippen LogP contribution in [-0.4, -0.2) is 16.5 Å². The topological polar surface area (TPSA) is 37.8 Å². The number of nitrogens with one attached hydrogen (secondary N) is 1. The van der Waals surface area contributed by atoms with E-state index in [1.54, 1.807) is 0 Å². The van der Waals surface area contributed by atoms with E-state index in [0.717, 1.165) is 35.5 Å². The van der Waals surface area contributed by atoms with Gasteiger partial charge in [-0.15, -0.1) is 0 Å². The van der Waals surface area contributed by atoms with Gasteiger partial charge in [-0.05, 0) is 47.7 Å². The summed E-state index contributed by atoms with van der Waals surface area (Å²) in [6.07, 6.45) is 4.37. The van der Waals surface area contributed by atoms with Gasteiger partial charge < -0.3 is 5.32 Å². The van der Waals surface area contributed by atoms with Crippen LogP contribution in [0.2, 0.25) is 0 Å². The highest BCUT2D eigenvalue weighted by Gasteiger charge is 2.29. The van der Waals surface area contributed by atoms with Crippen molar-refractivity contribution >= 4 is 21.7 Å². The van der Waals surface area contributed by atoms with Crippen LogP contribution in [-0.2, 0) is 12.8 Å². The van der Waals surface area contributed by atoms with Gasteiger partial charge in [0, 0.05) is 18.9 Å². The Labute approximate surface area is 134 Å². The molecule has 1 aliphatic carbocycles. The average molecular weight is 346 g/mol. The van der Waals surface area contributed by atoms with E-state index in [1.165, 1.54) is 24.1 Å². The predicted molar refractivity (Wildman–Crippen MR) is 89.7 cm³/mol. The molecule has 3 nitrogen and oxygen atoms in total. The van der Waals surface area contributed by atoms with E-state index in [-0.39, 0.29) is 0 Å². The van der Waals surface area contributed by atoms with Gasteiger partial charge in [-0.25, -0.2) is 9.97 Å². The molecular weight excluding hydrogens is 326 g/mol. The third kappa shape index (κ3) is 3.62. The number of halogens is 1. The molecule has 0 spiro atoms. The first kappa shape index (κ1) is 14.5. The number of aromatic nitrogens is 2.